The van der Waals surface area contributed by atoms with E-state index < -0.39 is 10.0 Å². The van der Waals surface area contributed by atoms with Crippen molar-refractivity contribution < 1.29 is 22.7 Å². The van der Waals surface area contributed by atoms with E-state index in [1.807, 2.05) is 18.2 Å². The summed E-state index contributed by atoms with van der Waals surface area (Å²) in [6.45, 7) is 0.440. The van der Waals surface area contributed by atoms with Crippen LogP contribution in [0.25, 0.3) is 0 Å². The minimum atomic E-state index is -3.88. The van der Waals surface area contributed by atoms with Gasteiger partial charge in [-0.15, -0.1) is 0 Å². The summed E-state index contributed by atoms with van der Waals surface area (Å²) < 4.78 is 34.0. The standard InChI is InChI=1S/C24H26N2O5S/c1-31-21-11-10-16(15-25-23(27)18-7-3-4-8-19(18)24(25)28)14-22(21)32(29,30)26-13-12-17-6-2-5-9-20(17)26/h2,5-6,9-11,14,18-19H,3-4,7-8,12-13,15H2,1H3/t18-,19-/m1/s1. The highest BCUT2D eigenvalue weighted by atomic mass is 32.2. The van der Waals surface area contributed by atoms with E-state index in [1.54, 1.807) is 18.2 Å². The van der Waals surface area contributed by atoms with Crippen molar-refractivity contribution in [2.24, 2.45) is 11.8 Å². The molecule has 2 aliphatic heterocycles. The molecule has 2 fully saturated rings. The zero-order valence-corrected chi connectivity index (χ0v) is 18.8. The number of benzene rings is 2. The Morgan fingerprint density at radius 2 is 1.69 bits per heavy atom. The van der Waals surface area contributed by atoms with E-state index in [2.05, 4.69) is 0 Å². The number of fused-ring (bicyclic) bond motifs is 2. The first-order valence-corrected chi connectivity index (χ1v) is 12.5. The molecule has 0 bridgehead atoms. The summed E-state index contributed by atoms with van der Waals surface area (Å²) in [7, 11) is -2.44. The third-order valence-electron chi connectivity index (χ3n) is 6.91. The van der Waals surface area contributed by atoms with Gasteiger partial charge < -0.3 is 4.74 Å². The predicted molar refractivity (Wildman–Crippen MR) is 119 cm³/mol. The molecule has 0 aromatic heterocycles. The van der Waals surface area contributed by atoms with E-state index in [-0.39, 0.29) is 40.8 Å². The molecule has 32 heavy (non-hydrogen) atoms. The molecule has 2 aromatic rings. The smallest absolute Gasteiger partial charge is 0.268 e. The number of para-hydroxylation sites is 1. The minimum absolute atomic E-state index is 0.0470. The lowest BCUT2D eigenvalue weighted by molar-refractivity contribution is -0.140. The van der Waals surface area contributed by atoms with Gasteiger partial charge in [0.1, 0.15) is 10.6 Å². The molecule has 2 atom stereocenters. The Hall–Kier alpha value is -2.87. The average molecular weight is 455 g/mol. The Balaban J connectivity index is 1.47. The number of nitrogens with zero attached hydrogens (tertiary/aromatic N) is 2. The quantitative estimate of drug-likeness (QED) is 0.648. The monoisotopic (exact) mass is 454 g/mol. The summed E-state index contributed by atoms with van der Waals surface area (Å²) in [5.74, 6) is -0.467. The lowest BCUT2D eigenvalue weighted by atomic mass is 9.81. The first-order valence-electron chi connectivity index (χ1n) is 11.0. The summed E-state index contributed by atoms with van der Waals surface area (Å²) in [6.07, 6.45) is 4.09. The fourth-order valence-corrected chi connectivity index (χ4v) is 6.98. The number of carbonyl (C=O) groups excluding carboxylic acids is 2. The molecule has 2 amide bonds. The minimum Gasteiger partial charge on any atom is -0.495 e. The van der Waals surface area contributed by atoms with Gasteiger partial charge in [0.15, 0.2) is 0 Å². The Bertz CT molecular complexity index is 1170. The molecule has 0 spiro atoms. The van der Waals surface area contributed by atoms with Gasteiger partial charge in [-0.1, -0.05) is 37.1 Å². The molecule has 3 aliphatic rings. The van der Waals surface area contributed by atoms with Gasteiger partial charge in [0.05, 0.1) is 31.2 Å². The lowest BCUT2D eigenvalue weighted by Gasteiger charge is -2.22. The number of imide groups is 1. The molecule has 168 valence electrons. The SMILES string of the molecule is COc1ccc(CN2C(=O)[C@@H]3CCCC[C@H]3C2=O)cc1S(=O)(=O)N1CCc2ccccc21. The third kappa shape index (κ3) is 3.28. The van der Waals surface area contributed by atoms with Gasteiger partial charge in [-0.05, 0) is 48.6 Å². The molecule has 1 saturated heterocycles. The fraction of sp³-hybridized carbons (Fsp3) is 0.417. The van der Waals surface area contributed by atoms with Crippen molar-refractivity contribution in [3.8, 4) is 5.75 Å². The van der Waals surface area contributed by atoms with Crippen LogP contribution in [0.1, 0.15) is 36.8 Å². The molecule has 5 rings (SSSR count). The number of hydrogen-bond donors (Lipinski definition) is 0. The Kier molecular flexibility index (Phi) is 5.20. The number of anilines is 1. The molecule has 1 saturated carbocycles. The molecular weight excluding hydrogens is 428 g/mol. The van der Waals surface area contributed by atoms with Crippen LogP contribution in [0.2, 0.25) is 0 Å². The number of amides is 2. The Morgan fingerprint density at radius 1 is 1.00 bits per heavy atom. The molecule has 2 aromatic carbocycles. The number of rotatable bonds is 5. The molecule has 8 heteroatoms. The zero-order valence-electron chi connectivity index (χ0n) is 18.0. The normalized spacial score (nSPS) is 22.8. The van der Waals surface area contributed by atoms with E-state index in [4.69, 9.17) is 4.74 Å². The van der Waals surface area contributed by atoms with Crippen LogP contribution in [-0.4, -0.2) is 38.8 Å². The highest BCUT2D eigenvalue weighted by Gasteiger charge is 2.48. The topological polar surface area (TPSA) is 84.0 Å². The summed E-state index contributed by atoms with van der Waals surface area (Å²) in [6, 6.07) is 12.3. The Labute approximate surface area is 188 Å². The Morgan fingerprint density at radius 3 is 2.38 bits per heavy atom. The van der Waals surface area contributed by atoms with Gasteiger partial charge in [0.25, 0.3) is 10.0 Å². The highest BCUT2D eigenvalue weighted by Crippen LogP contribution is 2.40. The van der Waals surface area contributed by atoms with Gasteiger partial charge >= 0.3 is 0 Å². The number of ether oxygens (including phenoxy) is 1. The third-order valence-corrected chi connectivity index (χ3v) is 8.75. The van der Waals surface area contributed by atoms with Crippen molar-refractivity contribution in [3.63, 3.8) is 0 Å². The molecule has 2 heterocycles. The van der Waals surface area contributed by atoms with Crippen LogP contribution in [0.3, 0.4) is 0 Å². The van der Waals surface area contributed by atoms with Gasteiger partial charge in [-0.2, -0.15) is 0 Å². The van der Waals surface area contributed by atoms with Gasteiger partial charge in [0.2, 0.25) is 11.8 Å². The van der Waals surface area contributed by atoms with Crippen LogP contribution in [0.15, 0.2) is 47.4 Å². The van der Waals surface area contributed by atoms with Gasteiger partial charge in [-0.3, -0.25) is 18.8 Å². The largest absolute Gasteiger partial charge is 0.495 e. The second-order valence-electron chi connectivity index (χ2n) is 8.70. The van der Waals surface area contributed by atoms with E-state index in [9.17, 15) is 18.0 Å². The maximum atomic E-state index is 13.6. The molecule has 0 radical (unpaired) electrons. The van der Waals surface area contributed by atoms with Gasteiger partial charge in [-0.25, -0.2) is 8.42 Å². The first kappa shape index (κ1) is 21.0. The maximum absolute atomic E-state index is 13.6. The van der Waals surface area contributed by atoms with Crippen molar-refractivity contribution in [1.29, 1.82) is 0 Å². The summed E-state index contributed by atoms with van der Waals surface area (Å²) in [4.78, 5) is 27.1. The zero-order chi connectivity index (χ0) is 22.5. The predicted octanol–water partition coefficient (Wildman–Crippen LogP) is 3.12. The molecule has 1 aliphatic carbocycles. The molecular formula is C24H26N2O5S. The van der Waals surface area contributed by atoms with Crippen LogP contribution < -0.4 is 9.04 Å². The number of likely N-dealkylation sites (tertiary alicyclic amines) is 1. The van der Waals surface area contributed by atoms with Crippen molar-refractivity contribution >= 4 is 27.5 Å². The summed E-state index contributed by atoms with van der Waals surface area (Å²) >= 11 is 0. The summed E-state index contributed by atoms with van der Waals surface area (Å²) in [5.41, 5.74) is 2.26. The molecule has 0 N–H and O–H groups in total. The lowest BCUT2D eigenvalue weighted by Crippen LogP contribution is -2.31. The van der Waals surface area contributed by atoms with E-state index in [1.165, 1.54) is 22.4 Å². The number of hydrogen-bond acceptors (Lipinski definition) is 5. The number of methoxy groups -OCH3 is 1. The van der Waals surface area contributed by atoms with Crippen molar-refractivity contribution in [2.75, 3.05) is 18.0 Å². The van der Waals surface area contributed by atoms with E-state index in [0.717, 1.165) is 31.2 Å². The van der Waals surface area contributed by atoms with Crippen LogP contribution in [0.5, 0.6) is 5.75 Å². The van der Waals surface area contributed by atoms with Crippen molar-refractivity contribution in [2.45, 2.75) is 43.5 Å². The highest BCUT2D eigenvalue weighted by molar-refractivity contribution is 7.93. The van der Waals surface area contributed by atoms with Crippen molar-refractivity contribution in [3.05, 3.63) is 53.6 Å². The molecule has 0 unspecified atom stereocenters. The van der Waals surface area contributed by atoms with E-state index in [0.29, 0.717) is 24.2 Å². The van der Waals surface area contributed by atoms with Crippen LogP contribution >= 0.6 is 0 Å². The molecule has 7 nitrogen and oxygen atoms in total. The maximum Gasteiger partial charge on any atom is 0.268 e. The van der Waals surface area contributed by atoms with Crippen LogP contribution in [0, 0.1) is 11.8 Å². The fourth-order valence-electron chi connectivity index (χ4n) is 5.27. The second kappa shape index (κ2) is 7.92. The second-order valence-corrected chi connectivity index (χ2v) is 10.5. The average Bonchev–Trinajstić information content (AvgIpc) is 3.35. The van der Waals surface area contributed by atoms with Crippen LogP contribution in [0.4, 0.5) is 5.69 Å². The number of sulfonamides is 1. The summed E-state index contributed by atoms with van der Waals surface area (Å²) in [5, 5.41) is 0. The first-order chi connectivity index (χ1) is 15.4. The number of carbonyl (C=O) groups is 2. The van der Waals surface area contributed by atoms with E-state index >= 15 is 0 Å². The van der Waals surface area contributed by atoms with Gasteiger partial charge in [0, 0.05) is 6.54 Å². The van der Waals surface area contributed by atoms with Crippen LogP contribution in [-0.2, 0) is 32.6 Å². The van der Waals surface area contributed by atoms with Crippen molar-refractivity contribution in [1.82, 2.24) is 4.90 Å².